The van der Waals surface area contributed by atoms with E-state index in [1.165, 1.54) is 25.3 Å². The second-order valence-corrected chi connectivity index (χ2v) is 5.67. The lowest BCUT2D eigenvalue weighted by atomic mass is 9.82. The van der Waals surface area contributed by atoms with Crippen LogP contribution in [0.1, 0.15) is 33.1 Å². The third kappa shape index (κ3) is 3.47. The minimum atomic E-state index is -0.148. The van der Waals surface area contributed by atoms with Crippen molar-refractivity contribution in [1.29, 1.82) is 0 Å². The number of nitrogens with one attached hydrogen (secondary N) is 1. The predicted molar refractivity (Wildman–Crippen MR) is 79.1 cm³/mol. The van der Waals surface area contributed by atoms with Crippen LogP contribution < -0.4 is 10.2 Å². The van der Waals surface area contributed by atoms with Gasteiger partial charge in [-0.15, -0.1) is 0 Å². The van der Waals surface area contributed by atoms with Gasteiger partial charge in [-0.25, -0.2) is 4.39 Å². The molecule has 1 aromatic carbocycles. The molecule has 1 fully saturated rings. The van der Waals surface area contributed by atoms with E-state index in [4.69, 9.17) is 0 Å². The van der Waals surface area contributed by atoms with Crippen LogP contribution in [0.25, 0.3) is 0 Å². The fraction of sp³-hybridized carbons (Fsp3) is 0.625. The van der Waals surface area contributed by atoms with E-state index in [1.54, 1.807) is 12.1 Å². The molecule has 1 saturated heterocycles. The Balaban J connectivity index is 2.13. The van der Waals surface area contributed by atoms with E-state index in [1.807, 2.05) is 6.07 Å². The summed E-state index contributed by atoms with van der Waals surface area (Å²) < 4.78 is 13.4. The molecule has 1 heterocycles. The van der Waals surface area contributed by atoms with Crippen molar-refractivity contribution < 1.29 is 4.39 Å². The van der Waals surface area contributed by atoms with Crippen LogP contribution in [0, 0.1) is 11.2 Å². The molecule has 0 amide bonds. The van der Waals surface area contributed by atoms with Crippen molar-refractivity contribution in [3.63, 3.8) is 0 Å². The molecular weight excluding hydrogens is 239 g/mol. The molecule has 1 aliphatic rings. The van der Waals surface area contributed by atoms with Crippen molar-refractivity contribution in [3.05, 3.63) is 30.1 Å². The smallest absolute Gasteiger partial charge is 0.125 e. The zero-order chi connectivity index (χ0) is 13.7. The SMILES string of the molecule is CCCC1(CN(CC)c2cccc(F)c2)CCNC1. The van der Waals surface area contributed by atoms with Gasteiger partial charge in [-0.3, -0.25) is 0 Å². The highest BCUT2D eigenvalue weighted by atomic mass is 19.1. The molecule has 1 N–H and O–H groups in total. The molecule has 1 aliphatic heterocycles. The van der Waals surface area contributed by atoms with Gasteiger partial charge < -0.3 is 10.2 Å². The normalized spacial score (nSPS) is 22.7. The molecule has 0 bridgehead atoms. The average Bonchev–Trinajstić information content (AvgIpc) is 2.85. The monoisotopic (exact) mass is 264 g/mol. The number of hydrogen-bond donors (Lipinski definition) is 1. The molecule has 2 nitrogen and oxygen atoms in total. The first-order valence-corrected chi connectivity index (χ1v) is 7.40. The first kappa shape index (κ1) is 14.3. The molecular formula is C16H25FN2. The molecule has 19 heavy (non-hydrogen) atoms. The summed E-state index contributed by atoms with van der Waals surface area (Å²) in [5.74, 6) is -0.148. The molecule has 3 heteroatoms. The number of anilines is 1. The molecule has 0 aliphatic carbocycles. The summed E-state index contributed by atoms with van der Waals surface area (Å²) in [4.78, 5) is 2.31. The van der Waals surface area contributed by atoms with Gasteiger partial charge in [0.2, 0.25) is 0 Å². The van der Waals surface area contributed by atoms with Gasteiger partial charge in [0.1, 0.15) is 5.82 Å². The molecule has 2 rings (SSSR count). The first-order chi connectivity index (χ1) is 9.19. The highest BCUT2D eigenvalue weighted by Gasteiger charge is 2.34. The van der Waals surface area contributed by atoms with E-state index in [0.29, 0.717) is 5.41 Å². The maximum atomic E-state index is 13.4. The molecule has 1 aromatic rings. The zero-order valence-electron chi connectivity index (χ0n) is 12.1. The van der Waals surface area contributed by atoms with Gasteiger partial charge in [0, 0.05) is 30.7 Å². The molecule has 1 unspecified atom stereocenters. The largest absolute Gasteiger partial charge is 0.371 e. The third-order valence-electron chi connectivity index (χ3n) is 4.19. The van der Waals surface area contributed by atoms with Crippen LogP contribution in [0.3, 0.4) is 0 Å². The van der Waals surface area contributed by atoms with Gasteiger partial charge in [0.25, 0.3) is 0 Å². The number of hydrogen-bond acceptors (Lipinski definition) is 2. The van der Waals surface area contributed by atoms with E-state index in [2.05, 4.69) is 24.1 Å². The van der Waals surface area contributed by atoms with Gasteiger partial charge in [-0.05, 0) is 44.5 Å². The van der Waals surface area contributed by atoms with Crippen molar-refractivity contribution in [3.8, 4) is 0 Å². The second kappa shape index (κ2) is 6.38. The Morgan fingerprint density at radius 3 is 2.79 bits per heavy atom. The summed E-state index contributed by atoms with van der Waals surface area (Å²) >= 11 is 0. The quantitative estimate of drug-likeness (QED) is 0.847. The van der Waals surface area contributed by atoms with Crippen molar-refractivity contribution in [1.82, 2.24) is 5.32 Å². The first-order valence-electron chi connectivity index (χ1n) is 7.40. The maximum absolute atomic E-state index is 13.4. The summed E-state index contributed by atoms with van der Waals surface area (Å²) in [5.41, 5.74) is 1.36. The number of nitrogens with zero attached hydrogens (tertiary/aromatic N) is 1. The van der Waals surface area contributed by atoms with Gasteiger partial charge in [-0.2, -0.15) is 0 Å². The minimum absolute atomic E-state index is 0.148. The highest BCUT2D eigenvalue weighted by Crippen LogP contribution is 2.33. The lowest BCUT2D eigenvalue weighted by Crippen LogP contribution is -2.39. The fourth-order valence-electron chi connectivity index (χ4n) is 3.22. The average molecular weight is 264 g/mol. The lowest BCUT2D eigenvalue weighted by molar-refractivity contribution is 0.296. The van der Waals surface area contributed by atoms with E-state index in [0.717, 1.165) is 31.9 Å². The third-order valence-corrected chi connectivity index (χ3v) is 4.19. The zero-order valence-corrected chi connectivity index (χ0v) is 12.1. The Labute approximate surface area is 116 Å². The Morgan fingerprint density at radius 2 is 2.21 bits per heavy atom. The number of halogens is 1. The highest BCUT2D eigenvalue weighted by molar-refractivity contribution is 5.46. The summed E-state index contributed by atoms with van der Waals surface area (Å²) in [6, 6.07) is 6.96. The molecule has 106 valence electrons. The van der Waals surface area contributed by atoms with Crippen LogP contribution in [0.4, 0.5) is 10.1 Å². The van der Waals surface area contributed by atoms with E-state index < -0.39 is 0 Å². The molecule has 0 saturated carbocycles. The van der Waals surface area contributed by atoms with Crippen molar-refractivity contribution in [2.45, 2.75) is 33.1 Å². The van der Waals surface area contributed by atoms with Crippen LogP contribution in [0.2, 0.25) is 0 Å². The summed E-state index contributed by atoms with van der Waals surface area (Å²) in [5, 5.41) is 3.49. The molecule has 0 radical (unpaired) electrons. The van der Waals surface area contributed by atoms with Crippen LogP contribution in [-0.4, -0.2) is 26.2 Å². The summed E-state index contributed by atoms with van der Waals surface area (Å²) in [7, 11) is 0. The molecule has 0 spiro atoms. The van der Waals surface area contributed by atoms with E-state index >= 15 is 0 Å². The summed E-state index contributed by atoms with van der Waals surface area (Å²) in [6.45, 7) is 8.54. The van der Waals surface area contributed by atoms with Crippen LogP contribution in [0.5, 0.6) is 0 Å². The lowest BCUT2D eigenvalue weighted by Gasteiger charge is -2.35. The van der Waals surface area contributed by atoms with Gasteiger partial charge in [-0.1, -0.05) is 19.4 Å². The Hall–Kier alpha value is -1.09. The van der Waals surface area contributed by atoms with Crippen LogP contribution in [-0.2, 0) is 0 Å². The van der Waals surface area contributed by atoms with Crippen molar-refractivity contribution in [2.75, 3.05) is 31.1 Å². The van der Waals surface area contributed by atoms with Gasteiger partial charge >= 0.3 is 0 Å². The topological polar surface area (TPSA) is 15.3 Å². The Morgan fingerprint density at radius 1 is 1.37 bits per heavy atom. The van der Waals surface area contributed by atoms with E-state index in [9.17, 15) is 4.39 Å². The minimum Gasteiger partial charge on any atom is -0.371 e. The van der Waals surface area contributed by atoms with Gasteiger partial charge in [0.15, 0.2) is 0 Å². The van der Waals surface area contributed by atoms with Crippen LogP contribution >= 0.6 is 0 Å². The Bertz CT molecular complexity index is 399. The number of rotatable bonds is 6. The fourth-order valence-corrected chi connectivity index (χ4v) is 3.22. The predicted octanol–water partition coefficient (Wildman–Crippen LogP) is 3.43. The maximum Gasteiger partial charge on any atom is 0.125 e. The van der Waals surface area contributed by atoms with Crippen molar-refractivity contribution >= 4 is 5.69 Å². The van der Waals surface area contributed by atoms with Gasteiger partial charge in [0.05, 0.1) is 0 Å². The van der Waals surface area contributed by atoms with Crippen molar-refractivity contribution in [2.24, 2.45) is 5.41 Å². The number of benzene rings is 1. The van der Waals surface area contributed by atoms with E-state index in [-0.39, 0.29) is 5.82 Å². The van der Waals surface area contributed by atoms with Crippen LogP contribution in [0.15, 0.2) is 24.3 Å². The molecule has 0 aromatic heterocycles. The Kier molecular flexibility index (Phi) is 4.81. The standard InChI is InChI=1S/C16H25FN2/c1-3-8-16(9-10-18-12-16)13-19(4-2)15-7-5-6-14(17)11-15/h5-7,11,18H,3-4,8-10,12-13H2,1-2H3. The molecule has 1 atom stereocenters. The summed E-state index contributed by atoms with van der Waals surface area (Å²) in [6.07, 6.45) is 3.68. The second-order valence-electron chi connectivity index (χ2n) is 5.67.